The van der Waals surface area contributed by atoms with E-state index in [0.29, 0.717) is 5.58 Å². The van der Waals surface area contributed by atoms with E-state index in [1.807, 2.05) is 43.3 Å². The lowest BCUT2D eigenvalue weighted by Gasteiger charge is -2.04. The van der Waals surface area contributed by atoms with Crippen molar-refractivity contribution < 1.29 is 8.83 Å². The van der Waals surface area contributed by atoms with Gasteiger partial charge in [0, 0.05) is 22.4 Å². The molecule has 21 heavy (non-hydrogen) atoms. The lowest BCUT2D eigenvalue weighted by molar-refractivity contribution is 0.560. The first-order chi connectivity index (χ1) is 10.2. The molecule has 0 amide bonds. The monoisotopic (exact) mass is 276 g/mol. The molecule has 4 rings (SSSR count). The first-order valence-corrected chi connectivity index (χ1v) is 6.74. The maximum atomic E-state index is 11.5. The fourth-order valence-electron chi connectivity index (χ4n) is 2.80. The highest BCUT2D eigenvalue weighted by atomic mass is 16.4. The van der Waals surface area contributed by atoms with Gasteiger partial charge in [0.15, 0.2) is 0 Å². The van der Waals surface area contributed by atoms with Gasteiger partial charge >= 0.3 is 5.63 Å². The van der Waals surface area contributed by atoms with Crippen molar-refractivity contribution in [3.05, 3.63) is 70.8 Å². The van der Waals surface area contributed by atoms with Crippen molar-refractivity contribution in [1.82, 2.24) is 0 Å². The first kappa shape index (κ1) is 12.0. The van der Waals surface area contributed by atoms with Gasteiger partial charge < -0.3 is 8.83 Å². The van der Waals surface area contributed by atoms with Gasteiger partial charge in [-0.25, -0.2) is 4.79 Å². The Hall–Kier alpha value is -2.81. The number of furan rings is 1. The second kappa shape index (κ2) is 4.35. The van der Waals surface area contributed by atoms with Crippen LogP contribution in [0.25, 0.3) is 33.1 Å². The molecule has 0 N–H and O–H groups in total. The summed E-state index contributed by atoms with van der Waals surface area (Å²) in [5, 5.41) is 1.92. The number of hydrogen-bond donors (Lipinski definition) is 0. The van der Waals surface area contributed by atoms with Crippen LogP contribution in [0.2, 0.25) is 0 Å². The van der Waals surface area contributed by atoms with Crippen molar-refractivity contribution in [2.24, 2.45) is 0 Å². The highest BCUT2D eigenvalue weighted by molar-refractivity contribution is 6.12. The Balaban J connectivity index is 2.20. The maximum absolute atomic E-state index is 11.5. The van der Waals surface area contributed by atoms with E-state index in [1.54, 1.807) is 12.3 Å². The van der Waals surface area contributed by atoms with E-state index in [9.17, 15) is 4.79 Å². The Morgan fingerprint density at radius 3 is 2.48 bits per heavy atom. The minimum Gasteiger partial charge on any atom is -0.464 e. The lowest BCUT2D eigenvalue weighted by Crippen LogP contribution is -1.97. The van der Waals surface area contributed by atoms with Gasteiger partial charge in [0.05, 0.1) is 6.26 Å². The molecule has 2 aromatic carbocycles. The lowest BCUT2D eigenvalue weighted by atomic mass is 9.99. The molecule has 0 aliphatic rings. The summed E-state index contributed by atoms with van der Waals surface area (Å²) < 4.78 is 11.0. The standard InChI is InChI=1S/C18H12O3/c1-11-9-16(19)21-15-8-7-14-18(17(11)15)13(10-20-14)12-5-3-2-4-6-12/h2-10H,1H3. The van der Waals surface area contributed by atoms with Crippen molar-refractivity contribution in [1.29, 1.82) is 0 Å². The second-order valence-electron chi connectivity index (χ2n) is 5.08. The van der Waals surface area contributed by atoms with Crippen LogP contribution in [0.4, 0.5) is 0 Å². The van der Waals surface area contributed by atoms with Crippen LogP contribution in [-0.4, -0.2) is 0 Å². The smallest absolute Gasteiger partial charge is 0.336 e. The maximum Gasteiger partial charge on any atom is 0.336 e. The molecular formula is C18H12O3. The minimum absolute atomic E-state index is 0.330. The zero-order valence-corrected chi connectivity index (χ0v) is 11.4. The highest BCUT2D eigenvalue weighted by Gasteiger charge is 2.14. The third-order valence-electron chi connectivity index (χ3n) is 3.73. The molecule has 0 saturated carbocycles. The number of rotatable bonds is 1. The summed E-state index contributed by atoms with van der Waals surface area (Å²) in [6.07, 6.45) is 1.75. The minimum atomic E-state index is -0.330. The number of fused-ring (bicyclic) bond motifs is 3. The largest absolute Gasteiger partial charge is 0.464 e. The Kier molecular flexibility index (Phi) is 2.48. The summed E-state index contributed by atoms with van der Waals surface area (Å²) in [5.41, 5.74) is 4.03. The average molecular weight is 276 g/mol. The van der Waals surface area contributed by atoms with E-state index in [0.717, 1.165) is 33.0 Å². The van der Waals surface area contributed by atoms with Crippen molar-refractivity contribution in [2.75, 3.05) is 0 Å². The van der Waals surface area contributed by atoms with Gasteiger partial charge in [-0.1, -0.05) is 30.3 Å². The summed E-state index contributed by atoms with van der Waals surface area (Å²) in [6.45, 7) is 1.92. The summed E-state index contributed by atoms with van der Waals surface area (Å²) in [4.78, 5) is 11.5. The highest BCUT2D eigenvalue weighted by Crippen LogP contribution is 2.36. The van der Waals surface area contributed by atoms with Crippen molar-refractivity contribution in [2.45, 2.75) is 6.92 Å². The van der Waals surface area contributed by atoms with E-state index < -0.39 is 0 Å². The Morgan fingerprint density at radius 1 is 0.905 bits per heavy atom. The molecule has 0 unspecified atom stereocenters. The summed E-state index contributed by atoms with van der Waals surface area (Å²) in [6, 6.07) is 15.2. The van der Waals surface area contributed by atoms with Crippen LogP contribution < -0.4 is 5.63 Å². The van der Waals surface area contributed by atoms with Crippen LogP contribution in [0.15, 0.2) is 68.4 Å². The van der Waals surface area contributed by atoms with Crippen molar-refractivity contribution in [3.63, 3.8) is 0 Å². The van der Waals surface area contributed by atoms with E-state index >= 15 is 0 Å². The molecule has 4 aromatic rings. The van der Waals surface area contributed by atoms with E-state index in [1.165, 1.54) is 6.07 Å². The summed E-state index contributed by atoms with van der Waals surface area (Å²) in [5.74, 6) is 0. The van der Waals surface area contributed by atoms with Crippen LogP contribution in [0.3, 0.4) is 0 Å². The molecular weight excluding hydrogens is 264 g/mol. The van der Waals surface area contributed by atoms with Gasteiger partial charge in [-0.05, 0) is 30.2 Å². The fraction of sp³-hybridized carbons (Fsp3) is 0.0556. The molecule has 0 aliphatic carbocycles. The predicted octanol–water partition coefficient (Wildman–Crippen LogP) is 4.51. The Labute approximate surface area is 120 Å². The van der Waals surface area contributed by atoms with Gasteiger partial charge in [-0.2, -0.15) is 0 Å². The van der Waals surface area contributed by atoms with Crippen LogP contribution in [-0.2, 0) is 0 Å². The molecule has 0 atom stereocenters. The predicted molar refractivity (Wildman–Crippen MR) is 82.4 cm³/mol. The molecule has 2 aromatic heterocycles. The molecule has 3 nitrogen and oxygen atoms in total. The topological polar surface area (TPSA) is 43.4 Å². The molecule has 0 radical (unpaired) electrons. The van der Waals surface area contributed by atoms with Crippen LogP contribution >= 0.6 is 0 Å². The molecule has 0 bridgehead atoms. The SMILES string of the molecule is Cc1cc(=O)oc2ccc3occ(-c4ccccc4)c3c12. The van der Waals surface area contributed by atoms with Gasteiger partial charge in [0.1, 0.15) is 11.2 Å². The molecule has 0 spiro atoms. The quantitative estimate of drug-likeness (QED) is 0.480. The van der Waals surface area contributed by atoms with E-state index in [-0.39, 0.29) is 5.63 Å². The van der Waals surface area contributed by atoms with Crippen LogP contribution in [0.1, 0.15) is 5.56 Å². The van der Waals surface area contributed by atoms with Gasteiger partial charge in [-0.3, -0.25) is 0 Å². The molecule has 2 heterocycles. The van der Waals surface area contributed by atoms with Crippen molar-refractivity contribution >= 4 is 21.9 Å². The Bertz CT molecular complexity index is 1010. The van der Waals surface area contributed by atoms with Crippen LogP contribution in [0.5, 0.6) is 0 Å². The Morgan fingerprint density at radius 2 is 1.67 bits per heavy atom. The van der Waals surface area contributed by atoms with E-state index in [4.69, 9.17) is 8.83 Å². The third-order valence-corrected chi connectivity index (χ3v) is 3.73. The van der Waals surface area contributed by atoms with Crippen molar-refractivity contribution in [3.8, 4) is 11.1 Å². The molecule has 0 fully saturated rings. The first-order valence-electron chi connectivity index (χ1n) is 6.74. The molecule has 0 aliphatic heterocycles. The normalized spacial score (nSPS) is 11.3. The summed E-state index contributed by atoms with van der Waals surface area (Å²) >= 11 is 0. The molecule has 102 valence electrons. The number of benzene rings is 2. The zero-order valence-electron chi connectivity index (χ0n) is 11.4. The second-order valence-corrected chi connectivity index (χ2v) is 5.08. The zero-order chi connectivity index (χ0) is 14.4. The van der Waals surface area contributed by atoms with Gasteiger partial charge in [0.2, 0.25) is 0 Å². The molecule has 3 heteroatoms. The van der Waals surface area contributed by atoms with Gasteiger partial charge in [-0.15, -0.1) is 0 Å². The average Bonchev–Trinajstić information content (AvgIpc) is 2.91. The van der Waals surface area contributed by atoms with Crippen LogP contribution in [0, 0.1) is 6.92 Å². The fourth-order valence-corrected chi connectivity index (χ4v) is 2.80. The third kappa shape index (κ3) is 1.78. The number of aryl methyl sites for hydroxylation is 1. The molecule has 0 saturated heterocycles. The van der Waals surface area contributed by atoms with E-state index in [2.05, 4.69) is 0 Å². The number of hydrogen-bond acceptors (Lipinski definition) is 3. The van der Waals surface area contributed by atoms with Gasteiger partial charge in [0.25, 0.3) is 0 Å². The summed E-state index contributed by atoms with van der Waals surface area (Å²) in [7, 11) is 0.